The molecule has 10 heteroatoms. The molecule has 2 amide bonds. The molecule has 0 aliphatic rings. The maximum atomic E-state index is 12.7. The number of amides is 2. The molecule has 2 aromatic heterocycles. The molecule has 2 N–H and O–H groups in total. The Kier molecular flexibility index (Phi) is 6.45. The van der Waals surface area contributed by atoms with E-state index in [1.807, 2.05) is 12.3 Å². The number of aromatic nitrogens is 3. The molecular formula is C23H21N5O4S. The molecule has 0 spiro atoms. The van der Waals surface area contributed by atoms with Gasteiger partial charge in [0, 0.05) is 22.9 Å². The third kappa shape index (κ3) is 4.90. The highest BCUT2D eigenvalue weighted by Crippen LogP contribution is 2.16. The predicted octanol–water partition coefficient (Wildman–Crippen LogP) is 2.84. The van der Waals surface area contributed by atoms with E-state index in [0.717, 1.165) is 10.7 Å². The van der Waals surface area contributed by atoms with E-state index < -0.39 is 11.8 Å². The van der Waals surface area contributed by atoms with Gasteiger partial charge in [-0.15, -0.1) is 11.3 Å². The number of hydrogen-bond donors (Lipinski definition) is 2. The standard InChI is InChI=1S/C23H21N5O4S/c1-3-28-23(31)19-7-5-4-6-18(19)20(27-28)22(30)26-25-21(29)15-8-10-17(11-9-15)32-12-16-13-33-14(2)24-16/h4-11,13H,3,12H2,1-2H3,(H,25,29)(H,26,30). The van der Waals surface area contributed by atoms with Crippen molar-refractivity contribution in [1.82, 2.24) is 25.6 Å². The Bertz CT molecular complexity index is 1380. The fourth-order valence-corrected chi connectivity index (χ4v) is 3.79. The van der Waals surface area contributed by atoms with Crippen LogP contribution in [-0.2, 0) is 13.2 Å². The Labute approximate surface area is 193 Å². The number of hydrazine groups is 1. The average Bonchev–Trinajstić information content (AvgIpc) is 3.26. The summed E-state index contributed by atoms with van der Waals surface area (Å²) in [6, 6.07) is 13.2. The number of benzene rings is 2. The number of ether oxygens (including phenoxy) is 1. The minimum absolute atomic E-state index is 0.0494. The second kappa shape index (κ2) is 9.61. The van der Waals surface area contributed by atoms with Crippen LogP contribution in [0, 0.1) is 6.92 Å². The number of carbonyl (C=O) groups is 2. The van der Waals surface area contributed by atoms with Gasteiger partial charge < -0.3 is 4.74 Å². The minimum atomic E-state index is -0.625. The van der Waals surface area contributed by atoms with Crippen molar-refractivity contribution in [2.75, 3.05) is 0 Å². The smallest absolute Gasteiger partial charge is 0.290 e. The summed E-state index contributed by atoms with van der Waals surface area (Å²) in [4.78, 5) is 41.9. The summed E-state index contributed by atoms with van der Waals surface area (Å²) in [7, 11) is 0. The Balaban J connectivity index is 1.41. The summed E-state index contributed by atoms with van der Waals surface area (Å²) in [5.74, 6) is -0.530. The van der Waals surface area contributed by atoms with Gasteiger partial charge >= 0.3 is 0 Å². The summed E-state index contributed by atoms with van der Waals surface area (Å²) >= 11 is 1.56. The van der Waals surface area contributed by atoms with Crippen LogP contribution >= 0.6 is 11.3 Å². The van der Waals surface area contributed by atoms with Crippen LogP contribution in [0.5, 0.6) is 5.75 Å². The van der Waals surface area contributed by atoms with E-state index in [1.54, 1.807) is 66.8 Å². The van der Waals surface area contributed by atoms with Crippen LogP contribution < -0.4 is 21.1 Å². The van der Waals surface area contributed by atoms with E-state index in [4.69, 9.17) is 4.74 Å². The topological polar surface area (TPSA) is 115 Å². The van der Waals surface area contributed by atoms with Crippen molar-refractivity contribution in [3.63, 3.8) is 0 Å². The highest BCUT2D eigenvalue weighted by atomic mass is 32.1. The number of thiazole rings is 1. The first-order chi connectivity index (χ1) is 16.0. The van der Waals surface area contributed by atoms with Gasteiger partial charge in [0.15, 0.2) is 5.69 Å². The van der Waals surface area contributed by atoms with E-state index >= 15 is 0 Å². The van der Waals surface area contributed by atoms with Crippen LogP contribution in [0.4, 0.5) is 0 Å². The first-order valence-corrected chi connectivity index (χ1v) is 11.1. The van der Waals surface area contributed by atoms with E-state index in [0.29, 0.717) is 35.2 Å². The van der Waals surface area contributed by atoms with Crippen molar-refractivity contribution < 1.29 is 14.3 Å². The van der Waals surface area contributed by atoms with Gasteiger partial charge in [-0.3, -0.25) is 25.2 Å². The molecular weight excluding hydrogens is 442 g/mol. The Morgan fingerprint density at radius 2 is 1.73 bits per heavy atom. The van der Waals surface area contributed by atoms with Crippen molar-refractivity contribution in [3.8, 4) is 5.75 Å². The average molecular weight is 464 g/mol. The number of nitrogens with zero attached hydrogens (tertiary/aromatic N) is 3. The molecule has 9 nitrogen and oxygen atoms in total. The van der Waals surface area contributed by atoms with E-state index in [-0.39, 0.29) is 11.3 Å². The van der Waals surface area contributed by atoms with Gasteiger partial charge in [-0.2, -0.15) is 5.10 Å². The van der Waals surface area contributed by atoms with E-state index in [9.17, 15) is 14.4 Å². The molecule has 2 aromatic carbocycles. The van der Waals surface area contributed by atoms with Crippen LogP contribution in [0.3, 0.4) is 0 Å². The lowest BCUT2D eigenvalue weighted by atomic mass is 10.1. The van der Waals surface area contributed by atoms with Crippen molar-refractivity contribution in [3.05, 3.63) is 86.2 Å². The highest BCUT2D eigenvalue weighted by Gasteiger charge is 2.17. The Hall–Kier alpha value is -4.05. The SMILES string of the molecule is CCn1nc(C(=O)NNC(=O)c2ccc(OCc3csc(C)n3)cc2)c2ccccc2c1=O. The fourth-order valence-electron chi connectivity index (χ4n) is 3.20. The predicted molar refractivity (Wildman–Crippen MR) is 124 cm³/mol. The molecule has 0 radical (unpaired) electrons. The molecule has 0 unspecified atom stereocenters. The molecule has 0 aliphatic heterocycles. The first kappa shape index (κ1) is 22.2. The van der Waals surface area contributed by atoms with Crippen LogP contribution in [-0.4, -0.2) is 26.6 Å². The second-order valence-electron chi connectivity index (χ2n) is 7.09. The van der Waals surface area contributed by atoms with Gasteiger partial charge in [0.25, 0.3) is 17.4 Å². The normalized spacial score (nSPS) is 10.7. The van der Waals surface area contributed by atoms with Gasteiger partial charge in [-0.25, -0.2) is 9.67 Å². The number of hydrogen-bond acceptors (Lipinski definition) is 7. The maximum absolute atomic E-state index is 12.7. The lowest BCUT2D eigenvalue weighted by molar-refractivity contribution is 0.0843. The lowest BCUT2D eigenvalue weighted by Gasteiger charge is -2.11. The van der Waals surface area contributed by atoms with Crippen molar-refractivity contribution >= 4 is 33.9 Å². The molecule has 4 aromatic rings. The van der Waals surface area contributed by atoms with Crippen LogP contribution in [0.15, 0.2) is 58.7 Å². The largest absolute Gasteiger partial charge is 0.487 e. The van der Waals surface area contributed by atoms with Gasteiger partial charge in [0.2, 0.25) is 0 Å². The lowest BCUT2D eigenvalue weighted by Crippen LogP contribution is -2.42. The summed E-state index contributed by atoms with van der Waals surface area (Å²) in [6.07, 6.45) is 0. The summed E-state index contributed by atoms with van der Waals surface area (Å²) in [5.41, 5.74) is 5.70. The quantitative estimate of drug-likeness (QED) is 0.425. The van der Waals surface area contributed by atoms with Crippen molar-refractivity contribution in [2.24, 2.45) is 0 Å². The minimum Gasteiger partial charge on any atom is -0.487 e. The first-order valence-electron chi connectivity index (χ1n) is 10.2. The number of carbonyl (C=O) groups excluding carboxylic acids is 2. The zero-order valence-corrected chi connectivity index (χ0v) is 18.8. The third-order valence-electron chi connectivity index (χ3n) is 4.84. The van der Waals surface area contributed by atoms with Crippen LogP contribution in [0.25, 0.3) is 10.8 Å². The monoisotopic (exact) mass is 463 g/mol. The molecule has 4 rings (SSSR count). The molecule has 2 heterocycles. The van der Waals surface area contributed by atoms with Crippen molar-refractivity contribution in [1.29, 1.82) is 0 Å². The number of nitrogens with one attached hydrogen (secondary N) is 2. The number of fused-ring (bicyclic) bond motifs is 1. The summed E-state index contributed by atoms with van der Waals surface area (Å²) in [6.45, 7) is 4.34. The number of aryl methyl sites for hydroxylation is 2. The van der Waals surface area contributed by atoms with Crippen LogP contribution in [0.2, 0.25) is 0 Å². The van der Waals surface area contributed by atoms with Gasteiger partial charge in [0.1, 0.15) is 12.4 Å². The molecule has 168 valence electrons. The summed E-state index contributed by atoms with van der Waals surface area (Å²) in [5, 5.41) is 7.85. The van der Waals surface area contributed by atoms with Crippen LogP contribution in [0.1, 0.15) is 38.5 Å². The second-order valence-corrected chi connectivity index (χ2v) is 8.16. The van der Waals surface area contributed by atoms with Gasteiger partial charge in [-0.05, 0) is 44.2 Å². The van der Waals surface area contributed by atoms with Gasteiger partial charge in [0.05, 0.1) is 16.1 Å². The zero-order valence-electron chi connectivity index (χ0n) is 18.0. The third-order valence-corrected chi connectivity index (χ3v) is 5.66. The summed E-state index contributed by atoms with van der Waals surface area (Å²) < 4.78 is 6.89. The Morgan fingerprint density at radius 1 is 1.03 bits per heavy atom. The zero-order chi connectivity index (χ0) is 23.4. The highest BCUT2D eigenvalue weighted by molar-refractivity contribution is 7.09. The molecule has 0 saturated carbocycles. The molecule has 0 fully saturated rings. The maximum Gasteiger partial charge on any atom is 0.290 e. The molecule has 0 bridgehead atoms. The molecule has 0 saturated heterocycles. The molecule has 0 aliphatic carbocycles. The molecule has 0 atom stereocenters. The van der Waals surface area contributed by atoms with Gasteiger partial charge in [-0.1, -0.05) is 18.2 Å². The van der Waals surface area contributed by atoms with E-state index in [2.05, 4.69) is 20.9 Å². The fraction of sp³-hybridized carbons (Fsp3) is 0.174. The number of rotatable bonds is 6. The Morgan fingerprint density at radius 3 is 2.39 bits per heavy atom. The van der Waals surface area contributed by atoms with E-state index in [1.165, 1.54) is 4.68 Å². The molecule has 33 heavy (non-hydrogen) atoms. The van der Waals surface area contributed by atoms with Crippen molar-refractivity contribution in [2.45, 2.75) is 27.0 Å².